The van der Waals surface area contributed by atoms with Gasteiger partial charge in [0.2, 0.25) is 10.9 Å². The average molecular weight is 431 g/mol. The Bertz CT molecular complexity index is 870. The van der Waals surface area contributed by atoms with Crippen LogP contribution in [0.15, 0.2) is 54.6 Å². The molecule has 0 amide bonds. The van der Waals surface area contributed by atoms with E-state index in [1.165, 1.54) is 36.2 Å². The molecule has 162 valence electrons. The minimum atomic E-state index is -2.70. The summed E-state index contributed by atoms with van der Waals surface area (Å²) in [5.41, 5.74) is 2.53. The molecule has 3 rings (SSSR count). The van der Waals surface area contributed by atoms with Crippen LogP contribution < -0.4 is 0 Å². The molecule has 0 aliphatic carbocycles. The van der Waals surface area contributed by atoms with Crippen molar-refractivity contribution in [1.82, 2.24) is 9.21 Å². The molecule has 0 spiro atoms. The zero-order valence-electron chi connectivity index (χ0n) is 17.4. The van der Waals surface area contributed by atoms with Crippen LogP contribution in [-0.2, 0) is 22.2 Å². The Balaban J connectivity index is 1.69. The third-order valence-corrected chi connectivity index (χ3v) is 6.45. The minimum absolute atomic E-state index is 0.214. The van der Waals surface area contributed by atoms with Crippen molar-refractivity contribution in [3.63, 3.8) is 0 Å². The summed E-state index contributed by atoms with van der Waals surface area (Å²) in [6.45, 7) is 2.85. The summed E-state index contributed by atoms with van der Waals surface area (Å²) in [7, 11) is -1.37. The number of thiol groups is 1. The highest BCUT2D eigenvalue weighted by Crippen LogP contribution is 2.28. The van der Waals surface area contributed by atoms with Crippen LogP contribution in [0.5, 0.6) is 0 Å². The minimum Gasteiger partial charge on any atom is -0.465 e. The third kappa shape index (κ3) is 6.14. The Kier molecular flexibility index (Phi) is 8.42. The van der Waals surface area contributed by atoms with E-state index in [0.29, 0.717) is 18.7 Å². The maximum Gasteiger partial charge on any atom is 0.337 e. The second-order valence-corrected chi connectivity index (χ2v) is 8.67. The van der Waals surface area contributed by atoms with Crippen LogP contribution in [0.4, 0.5) is 0 Å². The Morgan fingerprint density at radius 1 is 1.03 bits per heavy atom. The van der Waals surface area contributed by atoms with Gasteiger partial charge in [0, 0.05) is 19.1 Å². The van der Waals surface area contributed by atoms with Crippen molar-refractivity contribution in [3.05, 3.63) is 71.3 Å². The average Bonchev–Trinajstić information content (AvgIpc) is 2.79. The fraction of sp³-hybridized carbons (Fsp3) is 0.435. The summed E-state index contributed by atoms with van der Waals surface area (Å²) < 4.78 is 30.0. The van der Waals surface area contributed by atoms with Crippen molar-refractivity contribution >= 4 is 16.9 Å². The van der Waals surface area contributed by atoms with Crippen LogP contribution in [-0.4, -0.2) is 50.3 Å². The van der Waals surface area contributed by atoms with Crippen molar-refractivity contribution in [1.29, 1.82) is 0 Å². The van der Waals surface area contributed by atoms with Crippen LogP contribution >= 0.6 is 0 Å². The number of hydrogen-bond donors (Lipinski definition) is 1. The molecule has 1 aliphatic heterocycles. The molecule has 0 radical (unpaired) electrons. The molecule has 30 heavy (non-hydrogen) atoms. The first-order chi connectivity index (χ1) is 14.6. The van der Waals surface area contributed by atoms with Crippen LogP contribution in [0.3, 0.4) is 0 Å². The fourth-order valence-electron chi connectivity index (χ4n) is 4.03. The largest absolute Gasteiger partial charge is 0.465 e. The van der Waals surface area contributed by atoms with Crippen molar-refractivity contribution in [2.75, 3.05) is 26.7 Å². The highest BCUT2D eigenvalue weighted by atomic mass is 32.2. The molecule has 1 saturated heterocycles. The molecule has 1 aliphatic rings. The van der Waals surface area contributed by atoms with Gasteiger partial charge in [-0.3, -0.25) is 4.90 Å². The second-order valence-electron chi connectivity index (χ2n) is 7.63. The van der Waals surface area contributed by atoms with Crippen LogP contribution in [0.1, 0.15) is 53.2 Å². The lowest BCUT2D eigenvalue weighted by atomic mass is 9.99. The van der Waals surface area contributed by atoms with E-state index in [-0.39, 0.29) is 6.04 Å². The number of methoxy groups -OCH3 is 1. The van der Waals surface area contributed by atoms with Gasteiger partial charge in [0.1, 0.15) is 0 Å². The van der Waals surface area contributed by atoms with Gasteiger partial charge in [-0.2, -0.15) is 4.31 Å². The molecular formula is C23H30N2O4S. The highest BCUT2D eigenvalue weighted by molar-refractivity contribution is 7.69. The van der Waals surface area contributed by atoms with Crippen LogP contribution in [0.25, 0.3) is 0 Å². The van der Waals surface area contributed by atoms with E-state index in [0.717, 1.165) is 25.1 Å². The molecule has 0 aromatic heterocycles. The molecule has 1 fully saturated rings. The first-order valence-electron chi connectivity index (χ1n) is 10.4. The maximum atomic E-state index is 11.9. The second kappa shape index (κ2) is 11.2. The molecule has 1 atom stereocenters. The molecule has 2 aromatic rings. The van der Waals surface area contributed by atoms with Crippen molar-refractivity contribution in [2.24, 2.45) is 0 Å². The van der Waals surface area contributed by atoms with Gasteiger partial charge in [-0.25, -0.2) is 13.2 Å². The lowest BCUT2D eigenvalue weighted by Gasteiger charge is -2.35. The van der Waals surface area contributed by atoms with Gasteiger partial charge >= 0.3 is 5.97 Å². The van der Waals surface area contributed by atoms with Gasteiger partial charge < -0.3 is 4.74 Å². The van der Waals surface area contributed by atoms with E-state index < -0.39 is 16.9 Å². The monoisotopic (exact) mass is 430 g/mol. The maximum absolute atomic E-state index is 11.9. The number of likely N-dealkylation sites (tertiary alicyclic amines) is 1. The molecule has 6 nitrogen and oxygen atoms in total. The number of piperidine rings is 1. The van der Waals surface area contributed by atoms with Crippen LogP contribution in [0.2, 0.25) is 0 Å². The summed E-state index contributed by atoms with van der Waals surface area (Å²) in [6, 6.07) is 17.5. The number of benzene rings is 2. The van der Waals surface area contributed by atoms with Gasteiger partial charge in [0.15, 0.2) is 0 Å². The Hall–Kier alpha value is -2.22. The van der Waals surface area contributed by atoms with Crippen LogP contribution in [0, 0.1) is 0 Å². The number of nitrogens with zero attached hydrogens (tertiary/aromatic N) is 2. The zero-order chi connectivity index (χ0) is 21.3. The number of ether oxygens (including phenoxy) is 1. The number of carbonyl (C=O) groups excluding carboxylic acids is 1. The molecule has 2 aromatic carbocycles. The van der Waals surface area contributed by atoms with Gasteiger partial charge in [0.25, 0.3) is 0 Å². The molecule has 7 heteroatoms. The topological polar surface area (TPSA) is 66.9 Å². The molecule has 0 N–H and O–H groups in total. The zero-order valence-corrected chi connectivity index (χ0v) is 18.3. The first-order valence-corrected chi connectivity index (χ1v) is 11.6. The van der Waals surface area contributed by atoms with Crippen molar-refractivity contribution in [3.8, 4) is 0 Å². The smallest absolute Gasteiger partial charge is 0.337 e. The normalized spacial score (nSPS) is 16.0. The summed E-state index contributed by atoms with van der Waals surface area (Å²) >= 11 is 0. The lowest BCUT2D eigenvalue weighted by molar-refractivity contribution is 0.0600. The first kappa shape index (κ1) is 22.5. The summed E-state index contributed by atoms with van der Waals surface area (Å²) in [6.07, 6.45) is 4.39. The number of rotatable bonds is 9. The predicted octanol–water partition coefficient (Wildman–Crippen LogP) is 3.42. The standard InChI is InChI=1S/C23H30N2O4S/c1-29-23(26)21-12-10-19(11-13-21)18-25(30(27)28)17-14-22(20-8-4-2-5-9-20)24-15-6-3-7-16-24/h2,4-5,8-13,22,30H,3,6-7,14-18H2,1H3. The molecule has 0 saturated carbocycles. The van der Waals surface area contributed by atoms with Gasteiger partial charge in [-0.1, -0.05) is 48.9 Å². The van der Waals surface area contributed by atoms with Gasteiger partial charge in [-0.05, 0) is 55.6 Å². The quantitative estimate of drug-likeness (QED) is 0.488. The summed E-state index contributed by atoms with van der Waals surface area (Å²) in [5, 5.41) is 0. The lowest BCUT2D eigenvalue weighted by Crippen LogP contribution is -2.36. The predicted molar refractivity (Wildman–Crippen MR) is 118 cm³/mol. The van der Waals surface area contributed by atoms with Gasteiger partial charge in [0.05, 0.1) is 12.7 Å². The van der Waals surface area contributed by atoms with E-state index in [1.54, 1.807) is 24.3 Å². The number of carbonyl (C=O) groups is 1. The van der Waals surface area contributed by atoms with Gasteiger partial charge in [-0.15, -0.1) is 0 Å². The van der Waals surface area contributed by atoms with E-state index >= 15 is 0 Å². The third-order valence-electron chi connectivity index (χ3n) is 5.65. The molecule has 1 heterocycles. The number of hydrogen-bond acceptors (Lipinski definition) is 5. The van der Waals surface area contributed by atoms with Crippen molar-refractivity contribution < 1.29 is 17.9 Å². The Morgan fingerprint density at radius 2 is 1.70 bits per heavy atom. The Morgan fingerprint density at radius 3 is 2.30 bits per heavy atom. The van der Waals surface area contributed by atoms with E-state index in [9.17, 15) is 13.2 Å². The molecule has 0 bridgehead atoms. The highest BCUT2D eigenvalue weighted by Gasteiger charge is 2.23. The molecular weight excluding hydrogens is 400 g/mol. The van der Waals surface area contributed by atoms with Crippen molar-refractivity contribution in [2.45, 2.75) is 38.3 Å². The fourth-order valence-corrected chi connectivity index (χ4v) is 4.59. The van der Waals surface area contributed by atoms with E-state index in [1.807, 2.05) is 18.2 Å². The molecule has 1 unspecified atom stereocenters. The van der Waals surface area contributed by atoms with E-state index in [4.69, 9.17) is 4.74 Å². The number of esters is 1. The Labute approximate surface area is 180 Å². The van der Waals surface area contributed by atoms with E-state index in [2.05, 4.69) is 17.0 Å². The summed E-state index contributed by atoms with van der Waals surface area (Å²) in [4.78, 5) is 14.1. The summed E-state index contributed by atoms with van der Waals surface area (Å²) in [5.74, 6) is -0.402. The SMILES string of the molecule is COC(=O)c1ccc(CN(CCC(c2ccccc2)N2CCCCC2)[SH](=O)=O)cc1.